The van der Waals surface area contributed by atoms with E-state index in [-0.39, 0.29) is 36.7 Å². The molecule has 0 aromatic heterocycles. The number of nitrogens with zero attached hydrogens (tertiary/aromatic N) is 4. The third-order valence-electron chi connectivity index (χ3n) is 8.67. The van der Waals surface area contributed by atoms with Gasteiger partial charge in [-0.25, -0.2) is 14.8 Å². The molecule has 4 rings (SSSR count). The van der Waals surface area contributed by atoms with Crippen molar-refractivity contribution in [2.45, 2.75) is 119 Å². The summed E-state index contributed by atoms with van der Waals surface area (Å²) in [5, 5.41) is 21.0. The molecule has 5 amide bonds. The van der Waals surface area contributed by atoms with E-state index in [1.54, 1.807) is 62.3 Å². The number of amidine groups is 2. The summed E-state index contributed by atoms with van der Waals surface area (Å²) in [5.41, 5.74) is 4.51. The highest BCUT2D eigenvalue weighted by molar-refractivity contribution is 8.15. The van der Waals surface area contributed by atoms with E-state index in [0.29, 0.717) is 10.3 Å². The van der Waals surface area contributed by atoms with Crippen molar-refractivity contribution in [2.24, 2.45) is 37.6 Å². The molecular weight excluding hydrogens is 789 g/mol. The maximum Gasteiger partial charge on any atom is 0.407 e. The molecule has 0 radical (unpaired) electrons. The number of hydrazone groups is 2. The summed E-state index contributed by atoms with van der Waals surface area (Å²) in [5.74, 6) is -0.780. The standard InChI is InChI=1S/C24H36N4O4S.C19H28N4O2S/c1-21(2,3)17(29)26-19-27-28(18(30)22(4,5)6)24(33-19,16-13-11-10-12-14-16)15-25-20(31)32-23(7,8)9;1-17(2,3)14(24)21-16-22-23(15(25)18(4,5)6)19(12-20,26-16)13-10-8-7-9-11-13/h10-14H,15H2,1-9H3,(H,25,31)(H,26,27,29);7-11H,12,20H2,1-6H3,(H,21,22,24). The minimum Gasteiger partial charge on any atom is -0.444 e. The monoisotopic (exact) mass is 852 g/mol. The van der Waals surface area contributed by atoms with Crippen LogP contribution in [0.3, 0.4) is 0 Å². The minimum atomic E-state index is -1.11. The summed E-state index contributed by atoms with van der Waals surface area (Å²) in [6, 6.07) is 18.9. The zero-order valence-electron chi connectivity index (χ0n) is 37.3. The van der Waals surface area contributed by atoms with Gasteiger partial charge in [0.2, 0.25) is 23.6 Å². The molecule has 2 aliphatic rings. The van der Waals surface area contributed by atoms with E-state index in [9.17, 15) is 24.0 Å². The van der Waals surface area contributed by atoms with Crippen molar-refractivity contribution in [2.75, 3.05) is 13.1 Å². The highest BCUT2D eigenvalue weighted by Crippen LogP contribution is 2.48. The van der Waals surface area contributed by atoms with Gasteiger partial charge in [0.05, 0.1) is 6.54 Å². The van der Waals surface area contributed by atoms with Gasteiger partial charge in [-0.3, -0.25) is 19.2 Å². The molecule has 0 spiro atoms. The molecule has 5 N–H and O–H groups in total. The Bertz CT molecular complexity index is 1920. The number of amides is 5. The number of nitrogens with one attached hydrogen (secondary N) is 3. The van der Waals surface area contributed by atoms with Gasteiger partial charge in [0, 0.05) is 28.2 Å². The first-order valence-electron chi connectivity index (χ1n) is 19.5. The molecule has 0 fully saturated rings. The first-order valence-corrected chi connectivity index (χ1v) is 21.2. The average Bonchev–Trinajstić information content (AvgIpc) is 3.68. The Kier molecular flexibility index (Phi) is 15.0. The highest BCUT2D eigenvalue weighted by Gasteiger charge is 2.52. The van der Waals surface area contributed by atoms with Crippen molar-refractivity contribution in [3.05, 3.63) is 71.8 Å². The lowest BCUT2D eigenvalue weighted by atomic mass is 9.93. The number of rotatable bonds is 5. The molecule has 2 heterocycles. The second kappa shape index (κ2) is 18.1. The molecule has 2 unspecified atom stereocenters. The Morgan fingerprint density at radius 3 is 1.29 bits per heavy atom. The largest absolute Gasteiger partial charge is 0.444 e. The van der Waals surface area contributed by atoms with E-state index in [0.717, 1.165) is 11.1 Å². The summed E-state index contributed by atoms with van der Waals surface area (Å²) in [6.07, 6.45) is -0.603. The molecule has 0 aliphatic carbocycles. The topological polar surface area (TPSA) is 188 Å². The second-order valence-corrected chi connectivity index (χ2v) is 22.0. The lowest BCUT2D eigenvalue weighted by Crippen LogP contribution is -2.52. The fraction of sp³-hybridized carbons (Fsp3) is 0.558. The SMILES string of the molecule is CC(C)(C)C(=O)NC1=NN(C(=O)C(C)(C)C)C(CN)(c2ccccc2)S1.CC(C)(C)OC(=O)NCC1(c2ccccc2)SC(NC(=O)C(C)(C)C)=NN1C(=O)C(C)(C)C. The summed E-state index contributed by atoms with van der Waals surface area (Å²) in [7, 11) is 0. The smallest absolute Gasteiger partial charge is 0.407 e. The van der Waals surface area contributed by atoms with Crippen molar-refractivity contribution in [1.82, 2.24) is 26.0 Å². The summed E-state index contributed by atoms with van der Waals surface area (Å²) < 4.78 is 5.41. The first-order chi connectivity index (χ1) is 26.9. The number of hydrogen-bond acceptors (Lipinski definition) is 11. The van der Waals surface area contributed by atoms with Gasteiger partial charge < -0.3 is 26.4 Å². The molecular formula is C43H64N8O6S2. The van der Waals surface area contributed by atoms with Gasteiger partial charge in [-0.2, -0.15) is 0 Å². The van der Waals surface area contributed by atoms with Crippen LogP contribution in [0.4, 0.5) is 4.79 Å². The third kappa shape index (κ3) is 12.3. The van der Waals surface area contributed by atoms with Gasteiger partial charge >= 0.3 is 6.09 Å². The fourth-order valence-corrected chi connectivity index (χ4v) is 7.57. The Morgan fingerprint density at radius 2 is 0.949 bits per heavy atom. The van der Waals surface area contributed by atoms with Crippen LogP contribution in [0.25, 0.3) is 0 Å². The zero-order chi connectivity index (χ0) is 45.0. The lowest BCUT2D eigenvalue weighted by molar-refractivity contribution is -0.143. The maximum absolute atomic E-state index is 13.5. The van der Waals surface area contributed by atoms with Crippen LogP contribution in [-0.4, -0.2) is 68.8 Å². The quantitative estimate of drug-likeness (QED) is 0.240. The summed E-state index contributed by atoms with van der Waals surface area (Å²) >= 11 is 2.53. The minimum absolute atomic E-state index is 0.0246. The van der Waals surface area contributed by atoms with Crippen LogP contribution < -0.4 is 21.7 Å². The number of alkyl carbamates (subject to hydrolysis) is 1. The third-order valence-corrected chi connectivity index (χ3v) is 11.2. The predicted octanol–water partition coefficient (Wildman–Crippen LogP) is 7.27. The molecule has 0 saturated heterocycles. The summed E-state index contributed by atoms with van der Waals surface area (Å²) in [4.78, 5) is 62.2. The number of thioether (sulfide) groups is 2. The van der Waals surface area contributed by atoms with Crippen molar-refractivity contribution >= 4 is 63.6 Å². The van der Waals surface area contributed by atoms with Gasteiger partial charge in [0.15, 0.2) is 20.1 Å². The van der Waals surface area contributed by atoms with E-state index < -0.39 is 43.1 Å². The van der Waals surface area contributed by atoms with Crippen LogP contribution in [0, 0.1) is 21.7 Å². The predicted molar refractivity (Wildman–Crippen MR) is 237 cm³/mol. The Labute approximate surface area is 358 Å². The van der Waals surface area contributed by atoms with Crippen LogP contribution in [0.1, 0.15) is 115 Å². The van der Waals surface area contributed by atoms with Crippen LogP contribution in [-0.2, 0) is 33.7 Å². The number of ether oxygens (including phenoxy) is 1. The van der Waals surface area contributed by atoms with E-state index >= 15 is 0 Å². The highest BCUT2D eigenvalue weighted by atomic mass is 32.2. The second-order valence-electron chi connectivity index (χ2n) is 19.5. The van der Waals surface area contributed by atoms with E-state index in [2.05, 4.69) is 26.2 Å². The van der Waals surface area contributed by atoms with E-state index in [4.69, 9.17) is 10.5 Å². The van der Waals surface area contributed by atoms with Gasteiger partial charge in [-0.15, -0.1) is 10.2 Å². The van der Waals surface area contributed by atoms with Gasteiger partial charge in [0.1, 0.15) is 5.60 Å². The Hall–Kier alpha value is -4.41. The zero-order valence-corrected chi connectivity index (χ0v) is 39.0. The summed E-state index contributed by atoms with van der Waals surface area (Å²) in [6.45, 7) is 27.4. The van der Waals surface area contributed by atoms with E-state index in [1.807, 2.05) is 102 Å². The fourth-order valence-electron chi connectivity index (χ4n) is 5.24. The molecule has 2 aliphatic heterocycles. The average molecular weight is 853 g/mol. The molecule has 14 nitrogen and oxygen atoms in total. The van der Waals surface area contributed by atoms with Gasteiger partial charge in [-0.1, -0.05) is 144 Å². The van der Waals surface area contributed by atoms with Crippen molar-refractivity contribution in [1.29, 1.82) is 0 Å². The number of carbonyl (C=O) groups excluding carboxylic acids is 5. The van der Waals surface area contributed by atoms with Crippen LogP contribution in [0.15, 0.2) is 70.9 Å². The number of nitrogens with two attached hydrogens (primary N) is 1. The molecule has 324 valence electrons. The van der Waals surface area contributed by atoms with Crippen LogP contribution in [0.5, 0.6) is 0 Å². The van der Waals surface area contributed by atoms with Crippen molar-refractivity contribution in [3.63, 3.8) is 0 Å². The molecule has 0 saturated carbocycles. The van der Waals surface area contributed by atoms with E-state index in [1.165, 1.54) is 33.5 Å². The van der Waals surface area contributed by atoms with Crippen LogP contribution >= 0.6 is 23.5 Å². The maximum atomic E-state index is 13.5. The molecule has 2 aromatic rings. The first kappa shape index (κ1) is 49.0. The molecule has 2 atom stereocenters. The van der Waals surface area contributed by atoms with Crippen molar-refractivity contribution in [3.8, 4) is 0 Å². The number of carbonyl (C=O) groups is 5. The normalized spacial score (nSPS) is 19.8. The van der Waals surface area contributed by atoms with Crippen LogP contribution in [0.2, 0.25) is 0 Å². The van der Waals surface area contributed by atoms with Gasteiger partial charge in [0.25, 0.3) is 0 Å². The molecule has 16 heteroatoms. The Balaban J connectivity index is 0.000000324. The lowest BCUT2D eigenvalue weighted by Gasteiger charge is -2.38. The molecule has 59 heavy (non-hydrogen) atoms. The van der Waals surface area contributed by atoms with Crippen molar-refractivity contribution < 1.29 is 28.7 Å². The number of hydrogen-bond donors (Lipinski definition) is 4. The van der Waals surface area contributed by atoms with Gasteiger partial charge in [-0.05, 0) is 55.4 Å². The molecule has 0 bridgehead atoms. The number of benzene rings is 2. The molecule has 2 aromatic carbocycles. The Morgan fingerprint density at radius 1 is 0.593 bits per heavy atom.